The second-order valence-corrected chi connectivity index (χ2v) is 2.70. The van der Waals surface area contributed by atoms with E-state index in [1.54, 1.807) is 12.1 Å². The van der Waals surface area contributed by atoms with E-state index in [2.05, 4.69) is 0 Å². The largest absolute Gasteiger partial charge is 0.493 e. The highest BCUT2D eigenvalue weighted by Gasteiger charge is 2.09. The van der Waals surface area contributed by atoms with E-state index in [1.807, 2.05) is 0 Å². The van der Waals surface area contributed by atoms with Crippen molar-refractivity contribution in [3.05, 3.63) is 29.6 Å². The lowest BCUT2D eigenvalue weighted by molar-refractivity contribution is 0.287. The van der Waals surface area contributed by atoms with Gasteiger partial charge in [0.25, 0.3) is 0 Å². The van der Waals surface area contributed by atoms with Crippen molar-refractivity contribution in [1.29, 1.82) is 0 Å². The Kier molecular flexibility index (Phi) is 1.53. The van der Waals surface area contributed by atoms with Crippen LogP contribution in [0, 0.1) is 5.82 Å². The Morgan fingerprint density at radius 3 is 3.18 bits per heavy atom. The van der Waals surface area contributed by atoms with Crippen molar-refractivity contribution in [1.82, 2.24) is 0 Å². The lowest BCUT2D eigenvalue weighted by Gasteiger charge is -2.16. The third-order valence-corrected chi connectivity index (χ3v) is 1.87. The summed E-state index contributed by atoms with van der Waals surface area (Å²) in [6.45, 7) is 0.763. The molecule has 2 heteroatoms. The van der Waals surface area contributed by atoms with Crippen molar-refractivity contribution in [3.63, 3.8) is 0 Å². The predicted molar refractivity (Wildman–Crippen MR) is 40.2 cm³/mol. The monoisotopic (exact) mass is 152 g/mol. The molecule has 0 unspecified atom stereocenters. The average Bonchev–Trinajstić information content (AvgIpc) is 2.04. The molecule has 0 atom stereocenters. The van der Waals surface area contributed by atoms with Gasteiger partial charge in [-0.15, -0.1) is 0 Å². The number of hydrogen-bond acceptors (Lipinski definition) is 1. The Balaban J connectivity index is 2.43. The molecule has 0 aromatic heterocycles. The van der Waals surface area contributed by atoms with Crippen molar-refractivity contribution >= 4 is 0 Å². The molecule has 0 fully saturated rings. The lowest BCUT2D eigenvalue weighted by Crippen LogP contribution is -2.08. The van der Waals surface area contributed by atoms with Crippen LogP contribution in [0.2, 0.25) is 0 Å². The van der Waals surface area contributed by atoms with Gasteiger partial charge in [0, 0.05) is 0 Å². The second-order valence-electron chi connectivity index (χ2n) is 2.70. The van der Waals surface area contributed by atoms with Crippen molar-refractivity contribution in [3.8, 4) is 5.75 Å². The first-order chi connectivity index (χ1) is 5.36. The summed E-state index contributed by atoms with van der Waals surface area (Å²) in [6, 6.07) is 4.68. The van der Waals surface area contributed by atoms with Gasteiger partial charge in [0.15, 0.2) is 0 Å². The zero-order valence-corrected chi connectivity index (χ0v) is 6.14. The van der Waals surface area contributed by atoms with Crippen molar-refractivity contribution in [2.45, 2.75) is 12.8 Å². The van der Waals surface area contributed by atoms with Gasteiger partial charge >= 0.3 is 0 Å². The molecule has 58 valence electrons. The first kappa shape index (κ1) is 6.65. The van der Waals surface area contributed by atoms with Crippen LogP contribution in [-0.4, -0.2) is 6.61 Å². The Labute approximate surface area is 64.8 Å². The van der Waals surface area contributed by atoms with Crippen LogP contribution in [0.5, 0.6) is 5.75 Å². The molecule has 0 radical (unpaired) electrons. The minimum atomic E-state index is -0.172. The maximum absolute atomic E-state index is 12.6. The molecule has 0 N–H and O–H groups in total. The fraction of sp³-hybridized carbons (Fsp3) is 0.333. The maximum atomic E-state index is 12.6. The summed E-state index contributed by atoms with van der Waals surface area (Å²) in [5, 5.41) is 0. The zero-order chi connectivity index (χ0) is 7.68. The minimum absolute atomic E-state index is 0.172. The molecule has 0 aliphatic carbocycles. The average molecular weight is 152 g/mol. The molecule has 0 saturated heterocycles. The van der Waals surface area contributed by atoms with Gasteiger partial charge in [0.2, 0.25) is 0 Å². The van der Waals surface area contributed by atoms with Gasteiger partial charge in [-0.2, -0.15) is 0 Å². The fourth-order valence-corrected chi connectivity index (χ4v) is 1.33. The van der Waals surface area contributed by atoms with Crippen LogP contribution in [-0.2, 0) is 6.42 Å². The van der Waals surface area contributed by atoms with E-state index in [1.165, 1.54) is 6.07 Å². The fourth-order valence-electron chi connectivity index (χ4n) is 1.33. The molecule has 1 heterocycles. The molecule has 0 saturated carbocycles. The van der Waals surface area contributed by atoms with Crippen LogP contribution in [0.3, 0.4) is 0 Å². The van der Waals surface area contributed by atoms with E-state index >= 15 is 0 Å². The SMILES string of the molecule is Fc1ccc2c(c1)CCCO2. The molecule has 11 heavy (non-hydrogen) atoms. The van der Waals surface area contributed by atoms with E-state index in [0.717, 1.165) is 30.8 Å². The van der Waals surface area contributed by atoms with Crippen LogP contribution >= 0.6 is 0 Å². The highest BCUT2D eigenvalue weighted by atomic mass is 19.1. The number of hydrogen-bond donors (Lipinski definition) is 0. The molecule has 0 spiro atoms. The topological polar surface area (TPSA) is 9.23 Å². The number of fused-ring (bicyclic) bond motifs is 1. The maximum Gasteiger partial charge on any atom is 0.123 e. The molecule has 0 bridgehead atoms. The highest BCUT2D eigenvalue weighted by molar-refractivity contribution is 5.35. The summed E-state index contributed by atoms with van der Waals surface area (Å²) in [5.74, 6) is 0.673. The number of rotatable bonds is 0. The van der Waals surface area contributed by atoms with Gasteiger partial charge in [-0.25, -0.2) is 4.39 Å². The van der Waals surface area contributed by atoms with Gasteiger partial charge in [-0.05, 0) is 36.6 Å². The third-order valence-electron chi connectivity index (χ3n) is 1.87. The normalized spacial score (nSPS) is 15.4. The van der Waals surface area contributed by atoms with Crippen molar-refractivity contribution in [2.24, 2.45) is 0 Å². The zero-order valence-electron chi connectivity index (χ0n) is 6.14. The molecule has 1 aromatic carbocycles. The summed E-state index contributed by atoms with van der Waals surface area (Å²) >= 11 is 0. The standard InChI is InChI=1S/C9H9FO/c10-8-3-4-9-7(6-8)2-1-5-11-9/h3-4,6H,1-2,5H2. The third kappa shape index (κ3) is 1.20. The van der Waals surface area contributed by atoms with E-state index in [9.17, 15) is 4.39 Å². The van der Waals surface area contributed by atoms with Crippen LogP contribution in [0.25, 0.3) is 0 Å². The van der Waals surface area contributed by atoms with Gasteiger partial charge in [-0.3, -0.25) is 0 Å². The summed E-state index contributed by atoms with van der Waals surface area (Å²) in [5.41, 5.74) is 0.997. The summed E-state index contributed by atoms with van der Waals surface area (Å²) < 4.78 is 18.0. The summed E-state index contributed by atoms with van der Waals surface area (Å²) in [4.78, 5) is 0. The quantitative estimate of drug-likeness (QED) is 0.553. The number of aryl methyl sites for hydroxylation is 1. The first-order valence-electron chi connectivity index (χ1n) is 3.77. The summed E-state index contributed by atoms with van der Waals surface area (Å²) in [7, 11) is 0. The van der Waals surface area contributed by atoms with Gasteiger partial charge < -0.3 is 4.74 Å². The Morgan fingerprint density at radius 2 is 2.27 bits per heavy atom. The molecule has 1 aliphatic rings. The van der Waals surface area contributed by atoms with Crippen molar-refractivity contribution in [2.75, 3.05) is 6.61 Å². The molecule has 1 aliphatic heterocycles. The lowest BCUT2D eigenvalue weighted by atomic mass is 10.1. The molecule has 1 aromatic rings. The minimum Gasteiger partial charge on any atom is -0.493 e. The van der Waals surface area contributed by atoms with E-state index in [-0.39, 0.29) is 5.82 Å². The molecular formula is C9H9FO. The molecule has 1 nitrogen and oxygen atoms in total. The van der Waals surface area contributed by atoms with E-state index in [0.29, 0.717) is 0 Å². The number of benzene rings is 1. The molecule has 2 rings (SSSR count). The van der Waals surface area contributed by atoms with Crippen LogP contribution < -0.4 is 4.74 Å². The number of halogens is 1. The van der Waals surface area contributed by atoms with Gasteiger partial charge in [0.1, 0.15) is 11.6 Å². The van der Waals surface area contributed by atoms with Crippen LogP contribution in [0.1, 0.15) is 12.0 Å². The second kappa shape index (κ2) is 2.53. The Hall–Kier alpha value is -1.05. The van der Waals surface area contributed by atoms with Gasteiger partial charge in [0.05, 0.1) is 6.61 Å². The predicted octanol–water partition coefficient (Wildman–Crippen LogP) is 2.15. The molecular weight excluding hydrogens is 143 g/mol. The van der Waals surface area contributed by atoms with E-state index in [4.69, 9.17) is 4.74 Å². The smallest absolute Gasteiger partial charge is 0.123 e. The van der Waals surface area contributed by atoms with Gasteiger partial charge in [-0.1, -0.05) is 0 Å². The van der Waals surface area contributed by atoms with Crippen LogP contribution in [0.4, 0.5) is 4.39 Å². The van der Waals surface area contributed by atoms with Crippen molar-refractivity contribution < 1.29 is 9.13 Å². The van der Waals surface area contributed by atoms with Crippen LogP contribution in [0.15, 0.2) is 18.2 Å². The molecule has 0 amide bonds. The Bertz CT molecular complexity index is 270. The Morgan fingerprint density at radius 1 is 1.36 bits per heavy atom. The number of ether oxygens (including phenoxy) is 1. The summed E-state index contributed by atoms with van der Waals surface area (Å²) in [6.07, 6.45) is 1.93. The first-order valence-corrected chi connectivity index (χ1v) is 3.77. The van der Waals surface area contributed by atoms with E-state index < -0.39 is 0 Å². The highest BCUT2D eigenvalue weighted by Crippen LogP contribution is 2.24.